The fourth-order valence-corrected chi connectivity index (χ4v) is 1.34. The minimum Gasteiger partial charge on any atom is -0.394 e. The zero-order chi connectivity index (χ0) is 12.3. The van der Waals surface area contributed by atoms with Crippen molar-refractivity contribution in [1.82, 2.24) is 9.78 Å². The van der Waals surface area contributed by atoms with Gasteiger partial charge in [-0.2, -0.15) is 5.10 Å². The molecule has 0 aromatic carbocycles. The molecule has 16 heavy (non-hydrogen) atoms. The van der Waals surface area contributed by atoms with Crippen LogP contribution >= 0.6 is 0 Å². The molecule has 0 aliphatic heterocycles. The Balaban J connectivity index is 2.90. The topological polar surface area (TPSA) is 113 Å². The van der Waals surface area contributed by atoms with E-state index in [1.54, 1.807) is 7.05 Å². The number of hydrogen-bond acceptors (Lipinski definition) is 6. The summed E-state index contributed by atoms with van der Waals surface area (Å²) in [5, 5.41) is 35.1. The van der Waals surface area contributed by atoms with Crippen molar-refractivity contribution in [3.8, 4) is 0 Å². The molecule has 0 bridgehead atoms. The molecule has 8 nitrogen and oxygen atoms in total. The molecular formula is C8H14N4O4. The lowest BCUT2D eigenvalue weighted by Crippen LogP contribution is -2.24. The van der Waals surface area contributed by atoms with E-state index in [9.17, 15) is 10.1 Å². The second-order valence-corrected chi connectivity index (χ2v) is 3.38. The van der Waals surface area contributed by atoms with Gasteiger partial charge in [0.15, 0.2) is 0 Å². The van der Waals surface area contributed by atoms with Gasteiger partial charge in [-0.25, -0.2) is 4.68 Å². The van der Waals surface area contributed by atoms with Crippen molar-refractivity contribution in [3.05, 3.63) is 15.8 Å². The van der Waals surface area contributed by atoms with Gasteiger partial charge < -0.3 is 15.5 Å². The number of nitro groups is 1. The molecule has 1 atom stereocenters. The first-order chi connectivity index (χ1) is 7.47. The number of nitrogens with one attached hydrogen (secondary N) is 1. The van der Waals surface area contributed by atoms with Gasteiger partial charge in [0.2, 0.25) is 5.82 Å². The first-order valence-corrected chi connectivity index (χ1v) is 4.68. The van der Waals surface area contributed by atoms with Crippen LogP contribution in [0.25, 0.3) is 0 Å². The van der Waals surface area contributed by atoms with Gasteiger partial charge in [0, 0.05) is 13.6 Å². The van der Waals surface area contributed by atoms with E-state index >= 15 is 0 Å². The molecule has 1 aromatic rings. The second-order valence-electron chi connectivity index (χ2n) is 3.38. The van der Waals surface area contributed by atoms with Crippen molar-refractivity contribution in [3.63, 3.8) is 0 Å². The van der Waals surface area contributed by atoms with Crippen LogP contribution in [0.3, 0.4) is 0 Å². The number of aromatic nitrogens is 2. The molecule has 0 spiro atoms. The van der Waals surface area contributed by atoms with Crippen LogP contribution in [0, 0.1) is 17.0 Å². The second kappa shape index (κ2) is 4.90. The van der Waals surface area contributed by atoms with Crippen molar-refractivity contribution in [2.45, 2.75) is 13.0 Å². The molecule has 1 heterocycles. The highest BCUT2D eigenvalue weighted by molar-refractivity contribution is 5.59. The molecule has 3 N–H and O–H groups in total. The molecule has 1 rings (SSSR count). The molecule has 0 saturated carbocycles. The van der Waals surface area contributed by atoms with Crippen molar-refractivity contribution in [2.75, 3.05) is 18.5 Å². The Morgan fingerprint density at radius 2 is 2.31 bits per heavy atom. The molecule has 0 unspecified atom stereocenters. The average molecular weight is 230 g/mol. The van der Waals surface area contributed by atoms with Gasteiger partial charge in [-0.05, 0) is 6.92 Å². The van der Waals surface area contributed by atoms with E-state index in [4.69, 9.17) is 10.2 Å². The molecule has 0 aliphatic carbocycles. The first-order valence-electron chi connectivity index (χ1n) is 4.68. The normalized spacial score (nSPS) is 12.5. The Morgan fingerprint density at radius 1 is 1.69 bits per heavy atom. The maximum Gasteiger partial charge on any atom is 0.333 e. The number of aliphatic hydroxyl groups is 2. The molecular weight excluding hydrogens is 216 g/mol. The molecule has 90 valence electrons. The predicted molar refractivity (Wildman–Crippen MR) is 56.2 cm³/mol. The van der Waals surface area contributed by atoms with Gasteiger partial charge >= 0.3 is 5.69 Å². The van der Waals surface area contributed by atoms with Gasteiger partial charge in [-0.1, -0.05) is 0 Å². The smallest absolute Gasteiger partial charge is 0.333 e. The zero-order valence-corrected chi connectivity index (χ0v) is 9.04. The lowest BCUT2D eigenvalue weighted by molar-refractivity contribution is -0.384. The molecule has 1 aromatic heterocycles. The molecule has 0 fully saturated rings. The van der Waals surface area contributed by atoms with Gasteiger partial charge in [0.05, 0.1) is 17.6 Å². The van der Waals surface area contributed by atoms with E-state index < -0.39 is 17.6 Å². The highest BCUT2D eigenvalue weighted by Crippen LogP contribution is 2.26. The number of aliphatic hydroxyl groups excluding tert-OH is 2. The van der Waals surface area contributed by atoms with E-state index in [-0.39, 0.29) is 18.1 Å². The van der Waals surface area contributed by atoms with Crippen LogP contribution in [0.5, 0.6) is 0 Å². The van der Waals surface area contributed by atoms with E-state index in [1.165, 1.54) is 11.6 Å². The van der Waals surface area contributed by atoms with Crippen LogP contribution in [-0.4, -0.2) is 44.2 Å². The summed E-state index contributed by atoms with van der Waals surface area (Å²) in [5.41, 5.74) is 0.182. The number of rotatable bonds is 5. The Labute approximate surface area is 91.7 Å². The summed E-state index contributed by atoms with van der Waals surface area (Å²) in [7, 11) is 1.56. The van der Waals surface area contributed by atoms with Crippen molar-refractivity contribution in [1.29, 1.82) is 0 Å². The first kappa shape index (κ1) is 12.4. The van der Waals surface area contributed by atoms with Crippen LogP contribution < -0.4 is 5.32 Å². The van der Waals surface area contributed by atoms with Crippen LogP contribution in [0.2, 0.25) is 0 Å². The molecule has 0 saturated heterocycles. The minimum atomic E-state index is -0.963. The Morgan fingerprint density at radius 3 is 2.81 bits per heavy atom. The lowest BCUT2D eigenvalue weighted by Gasteiger charge is -2.09. The third kappa shape index (κ3) is 2.47. The minimum absolute atomic E-state index is 0.0241. The highest BCUT2D eigenvalue weighted by Gasteiger charge is 2.23. The number of hydrogen-bond donors (Lipinski definition) is 3. The monoisotopic (exact) mass is 230 g/mol. The third-order valence-corrected chi connectivity index (χ3v) is 2.09. The summed E-state index contributed by atoms with van der Waals surface area (Å²) >= 11 is 0. The van der Waals surface area contributed by atoms with Gasteiger partial charge in [-0.15, -0.1) is 0 Å². The molecule has 8 heteroatoms. The fourth-order valence-electron chi connectivity index (χ4n) is 1.34. The van der Waals surface area contributed by atoms with Crippen LogP contribution in [-0.2, 0) is 7.05 Å². The predicted octanol–water partition coefficient (Wildman–Crippen LogP) is -0.598. The largest absolute Gasteiger partial charge is 0.394 e. The van der Waals surface area contributed by atoms with E-state index in [0.717, 1.165) is 0 Å². The maximum absolute atomic E-state index is 10.8. The average Bonchev–Trinajstić information content (AvgIpc) is 2.49. The number of aryl methyl sites for hydroxylation is 2. The molecule has 0 amide bonds. The van der Waals surface area contributed by atoms with Gasteiger partial charge in [-0.3, -0.25) is 10.1 Å². The maximum atomic E-state index is 10.8. The Hall–Kier alpha value is -1.67. The summed E-state index contributed by atoms with van der Waals surface area (Å²) < 4.78 is 1.33. The summed E-state index contributed by atoms with van der Waals surface area (Å²) in [4.78, 5) is 10.2. The Bertz CT molecular complexity index is 390. The van der Waals surface area contributed by atoms with E-state index in [2.05, 4.69) is 10.4 Å². The molecule has 0 radical (unpaired) electrons. The quantitative estimate of drug-likeness (QED) is 0.460. The van der Waals surface area contributed by atoms with E-state index in [1.807, 2.05) is 0 Å². The molecule has 0 aliphatic rings. The number of anilines is 1. The lowest BCUT2D eigenvalue weighted by atomic mass is 10.3. The zero-order valence-electron chi connectivity index (χ0n) is 9.04. The van der Waals surface area contributed by atoms with Crippen molar-refractivity contribution < 1.29 is 15.1 Å². The van der Waals surface area contributed by atoms with E-state index in [0.29, 0.717) is 5.69 Å². The number of nitrogens with zero attached hydrogens (tertiary/aromatic N) is 3. The van der Waals surface area contributed by atoms with Crippen LogP contribution in [0.4, 0.5) is 11.5 Å². The summed E-state index contributed by atoms with van der Waals surface area (Å²) in [6.07, 6.45) is -0.963. The van der Waals surface area contributed by atoms with Gasteiger partial charge in [0.1, 0.15) is 5.69 Å². The summed E-state index contributed by atoms with van der Waals surface area (Å²) in [6, 6.07) is 0. The van der Waals surface area contributed by atoms with Crippen LogP contribution in [0.15, 0.2) is 0 Å². The van der Waals surface area contributed by atoms with Crippen molar-refractivity contribution >= 4 is 11.5 Å². The Kier molecular flexibility index (Phi) is 3.80. The summed E-state index contributed by atoms with van der Waals surface area (Å²) in [6.45, 7) is 1.15. The SMILES string of the molecule is Cc1nn(C)c(NC[C@@H](O)CO)c1[N+](=O)[O-]. The third-order valence-electron chi connectivity index (χ3n) is 2.09. The van der Waals surface area contributed by atoms with Crippen molar-refractivity contribution in [2.24, 2.45) is 7.05 Å². The highest BCUT2D eigenvalue weighted by atomic mass is 16.6. The van der Waals surface area contributed by atoms with Crippen LogP contribution in [0.1, 0.15) is 5.69 Å². The van der Waals surface area contributed by atoms with Gasteiger partial charge in [0.25, 0.3) is 0 Å². The standard InChI is InChI=1S/C8H14N4O4/c1-5-7(12(15)16)8(11(2)10-5)9-3-6(14)4-13/h6,9,13-14H,3-4H2,1-2H3/t6-/m1/s1. The summed E-state index contributed by atoms with van der Waals surface area (Å²) in [5.74, 6) is 0.218. The fraction of sp³-hybridized carbons (Fsp3) is 0.625.